The Bertz CT molecular complexity index is 1430. The second-order valence-corrected chi connectivity index (χ2v) is 11.2. The molecule has 1 aliphatic heterocycles. The van der Waals surface area contributed by atoms with Crippen LogP contribution in [0.25, 0.3) is 0 Å². The Morgan fingerprint density at radius 3 is 2.39 bits per heavy atom. The monoisotopic (exact) mass is 631 g/mol. The van der Waals surface area contributed by atoms with Crippen molar-refractivity contribution in [2.75, 3.05) is 6.54 Å². The van der Waals surface area contributed by atoms with Crippen molar-refractivity contribution in [3.63, 3.8) is 0 Å². The standard InChI is InChI=1S/C33H41N7O6/c41-22-26-15-16-30(42)34-17-9-1-2-10-18-40-21-27(38-39-40)20-29(37-33(45)46-23-25-13-7-4-8-14-25)32(44)36-28(31(43)35-26)19-24-11-5-3-6-12-24/h3-8,11-14,21-22,26,28-29H,1-2,9-10,15-20,23H2,(H,34,42)(H,35,43)(H,36,44)(H,37,45)/t26-,28-,29-/m0/s1. The molecule has 1 aliphatic rings. The van der Waals surface area contributed by atoms with Crippen LogP contribution >= 0.6 is 0 Å². The third kappa shape index (κ3) is 11.5. The molecule has 0 spiro atoms. The summed E-state index contributed by atoms with van der Waals surface area (Å²) < 4.78 is 7.06. The molecule has 13 nitrogen and oxygen atoms in total. The zero-order valence-electron chi connectivity index (χ0n) is 25.7. The van der Waals surface area contributed by atoms with Crippen molar-refractivity contribution < 1.29 is 28.7 Å². The van der Waals surface area contributed by atoms with Gasteiger partial charge in [-0.15, -0.1) is 5.10 Å². The number of hydrogen-bond donors (Lipinski definition) is 4. The number of ether oxygens (including phenoxy) is 1. The van der Waals surface area contributed by atoms with Crippen LogP contribution in [0, 0.1) is 0 Å². The van der Waals surface area contributed by atoms with Crippen LogP contribution in [0.4, 0.5) is 4.79 Å². The van der Waals surface area contributed by atoms with Crippen LogP contribution in [0.2, 0.25) is 0 Å². The van der Waals surface area contributed by atoms with Gasteiger partial charge in [-0.25, -0.2) is 4.79 Å². The molecule has 0 saturated heterocycles. The van der Waals surface area contributed by atoms with Crippen molar-refractivity contribution in [3.8, 4) is 0 Å². The number of amides is 4. The first-order chi connectivity index (χ1) is 22.4. The van der Waals surface area contributed by atoms with Gasteiger partial charge in [0.15, 0.2) is 0 Å². The SMILES string of the molecule is O=C[C@@H]1CCC(=O)NCCCCCCn2cc(nn2)C[C@H](NC(=O)OCc2ccccc2)C(=O)N[C@@H](Cc2ccccc2)C(=O)N1. The molecule has 0 radical (unpaired) electrons. The molecule has 0 unspecified atom stereocenters. The Balaban J connectivity index is 1.55. The summed E-state index contributed by atoms with van der Waals surface area (Å²) in [6, 6.07) is 15.0. The first kappa shape index (κ1) is 33.8. The topological polar surface area (TPSA) is 173 Å². The van der Waals surface area contributed by atoms with E-state index in [0.29, 0.717) is 25.1 Å². The van der Waals surface area contributed by atoms with Crippen molar-refractivity contribution >= 4 is 30.1 Å². The smallest absolute Gasteiger partial charge is 0.408 e. The molecule has 2 heterocycles. The number of nitrogens with one attached hydrogen (secondary N) is 4. The molecular weight excluding hydrogens is 590 g/mol. The van der Waals surface area contributed by atoms with E-state index < -0.39 is 36.0 Å². The number of rotatable bonds is 6. The minimum atomic E-state index is -1.15. The van der Waals surface area contributed by atoms with Crippen LogP contribution in [0.15, 0.2) is 66.9 Å². The maximum Gasteiger partial charge on any atom is 0.408 e. The zero-order valence-corrected chi connectivity index (χ0v) is 25.7. The normalized spacial score (nSPS) is 20.6. The quantitative estimate of drug-likeness (QED) is 0.299. The summed E-state index contributed by atoms with van der Waals surface area (Å²) in [6.45, 7) is 1.15. The maximum absolute atomic E-state index is 13.8. The van der Waals surface area contributed by atoms with Gasteiger partial charge in [0.2, 0.25) is 17.7 Å². The molecule has 3 aromatic rings. The molecule has 244 valence electrons. The molecule has 0 aliphatic carbocycles. The highest BCUT2D eigenvalue weighted by atomic mass is 16.5. The van der Waals surface area contributed by atoms with Crippen LogP contribution in [-0.2, 0) is 49.9 Å². The van der Waals surface area contributed by atoms with Crippen LogP contribution < -0.4 is 21.3 Å². The Morgan fingerprint density at radius 1 is 0.935 bits per heavy atom. The zero-order chi connectivity index (χ0) is 32.6. The molecule has 4 rings (SSSR count). The van der Waals surface area contributed by atoms with Gasteiger partial charge in [0.05, 0.1) is 11.7 Å². The first-order valence-corrected chi connectivity index (χ1v) is 15.6. The molecule has 3 atom stereocenters. The molecule has 4 amide bonds. The summed E-state index contributed by atoms with van der Waals surface area (Å²) in [5.41, 5.74) is 2.02. The van der Waals surface area contributed by atoms with E-state index in [1.165, 1.54) is 0 Å². The van der Waals surface area contributed by atoms with E-state index in [2.05, 4.69) is 31.6 Å². The van der Waals surface area contributed by atoms with E-state index in [9.17, 15) is 24.0 Å². The minimum Gasteiger partial charge on any atom is -0.445 e. The van der Waals surface area contributed by atoms with E-state index in [0.717, 1.165) is 36.8 Å². The van der Waals surface area contributed by atoms with Gasteiger partial charge in [-0.3, -0.25) is 19.1 Å². The van der Waals surface area contributed by atoms with Gasteiger partial charge in [-0.05, 0) is 30.4 Å². The lowest BCUT2D eigenvalue weighted by atomic mass is 10.0. The molecule has 0 saturated carbocycles. The largest absolute Gasteiger partial charge is 0.445 e. The van der Waals surface area contributed by atoms with Crippen molar-refractivity contribution in [1.82, 2.24) is 36.3 Å². The average Bonchev–Trinajstić information content (AvgIpc) is 3.52. The Hall–Kier alpha value is -5.07. The summed E-state index contributed by atoms with van der Waals surface area (Å²) in [6.07, 6.45) is 5.27. The van der Waals surface area contributed by atoms with Crippen LogP contribution in [0.3, 0.4) is 0 Å². The van der Waals surface area contributed by atoms with Crippen molar-refractivity contribution in [3.05, 3.63) is 83.7 Å². The van der Waals surface area contributed by atoms with E-state index >= 15 is 0 Å². The van der Waals surface area contributed by atoms with Gasteiger partial charge in [-0.1, -0.05) is 78.7 Å². The van der Waals surface area contributed by atoms with Gasteiger partial charge in [-0.2, -0.15) is 0 Å². The third-order valence-electron chi connectivity index (χ3n) is 7.55. The van der Waals surface area contributed by atoms with Gasteiger partial charge < -0.3 is 30.8 Å². The van der Waals surface area contributed by atoms with E-state index in [4.69, 9.17) is 4.74 Å². The molecular formula is C33H41N7O6. The number of carbonyl (C=O) groups is 5. The van der Waals surface area contributed by atoms with Gasteiger partial charge in [0, 0.05) is 38.5 Å². The molecule has 46 heavy (non-hydrogen) atoms. The third-order valence-corrected chi connectivity index (χ3v) is 7.55. The Kier molecular flexibility index (Phi) is 13.3. The molecule has 2 aromatic carbocycles. The highest BCUT2D eigenvalue weighted by molar-refractivity contribution is 5.92. The second-order valence-electron chi connectivity index (χ2n) is 11.2. The first-order valence-electron chi connectivity index (χ1n) is 15.6. The predicted octanol–water partition coefficient (Wildman–Crippen LogP) is 2.00. The van der Waals surface area contributed by atoms with Crippen LogP contribution in [0.5, 0.6) is 0 Å². The average molecular weight is 632 g/mol. The van der Waals surface area contributed by atoms with E-state index in [-0.39, 0.29) is 38.2 Å². The summed E-state index contributed by atoms with van der Waals surface area (Å²) >= 11 is 0. The number of benzene rings is 2. The second kappa shape index (κ2) is 18.0. The minimum absolute atomic E-state index is 0.00133. The van der Waals surface area contributed by atoms with Gasteiger partial charge in [0.1, 0.15) is 25.0 Å². The van der Waals surface area contributed by atoms with Crippen molar-refractivity contribution in [2.45, 2.75) is 82.6 Å². The summed E-state index contributed by atoms with van der Waals surface area (Å²) in [7, 11) is 0. The molecule has 2 bridgehead atoms. The van der Waals surface area contributed by atoms with Gasteiger partial charge in [0.25, 0.3) is 0 Å². The summed E-state index contributed by atoms with van der Waals surface area (Å²) in [4.78, 5) is 64.3. The molecule has 0 fully saturated rings. The summed E-state index contributed by atoms with van der Waals surface area (Å²) in [5, 5.41) is 19.3. The van der Waals surface area contributed by atoms with Gasteiger partial charge >= 0.3 is 6.09 Å². The molecule has 4 N–H and O–H groups in total. The number of hydrogen-bond acceptors (Lipinski definition) is 8. The van der Waals surface area contributed by atoms with Crippen molar-refractivity contribution in [1.29, 1.82) is 0 Å². The van der Waals surface area contributed by atoms with Crippen LogP contribution in [-0.4, -0.2) is 69.8 Å². The lowest BCUT2D eigenvalue weighted by molar-refractivity contribution is -0.131. The highest BCUT2D eigenvalue weighted by Crippen LogP contribution is 2.09. The number of alkyl carbamates (subject to hydrolysis) is 1. The van der Waals surface area contributed by atoms with E-state index in [1.807, 2.05) is 60.7 Å². The number of aldehydes is 1. The fraction of sp³-hybridized carbons (Fsp3) is 0.424. The number of fused-ring (bicyclic) bond motifs is 2. The number of nitrogens with zero attached hydrogens (tertiary/aromatic N) is 3. The van der Waals surface area contributed by atoms with E-state index in [1.54, 1.807) is 10.9 Å². The van der Waals surface area contributed by atoms with Crippen LogP contribution in [0.1, 0.15) is 55.3 Å². The number of aryl methyl sites for hydroxylation is 1. The fourth-order valence-electron chi connectivity index (χ4n) is 5.01. The Morgan fingerprint density at radius 2 is 1.65 bits per heavy atom. The molecule has 1 aromatic heterocycles. The molecule has 13 heteroatoms. The summed E-state index contributed by atoms with van der Waals surface area (Å²) in [5.74, 6) is -1.45. The fourth-order valence-corrected chi connectivity index (χ4v) is 5.01. The number of carbonyl (C=O) groups excluding carboxylic acids is 5. The lowest BCUT2D eigenvalue weighted by Gasteiger charge is -2.24. The predicted molar refractivity (Wildman–Crippen MR) is 168 cm³/mol. The maximum atomic E-state index is 13.8. The lowest BCUT2D eigenvalue weighted by Crippen LogP contribution is -2.56. The van der Waals surface area contributed by atoms with Crippen molar-refractivity contribution in [2.24, 2.45) is 0 Å². The number of aromatic nitrogens is 3. The Labute approximate surface area is 267 Å². The highest BCUT2D eigenvalue weighted by Gasteiger charge is 2.29.